The Bertz CT molecular complexity index is 364. The average Bonchev–Trinajstić information content (AvgIpc) is 2.89. The standard InChI is InChI=1S/C14H24N2S/c1-9(2)12(8-15)13-10(3)16-14(17-13)11-6-4-5-7-11/h9,11-12H,4-8,15H2,1-3H3. The fourth-order valence-electron chi connectivity index (χ4n) is 2.80. The van der Waals surface area contributed by atoms with Gasteiger partial charge in [0.2, 0.25) is 0 Å². The molecule has 0 bridgehead atoms. The highest BCUT2D eigenvalue weighted by Gasteiger charge is 2.25. The topological polar surface area (TPSA) is 38.9 Å². The van der Waals surface area contributed by atoms with E-state index in [1.807, 2.05) is 11.3 Å². The number of aromatic nitrogens is 1. The molecular formula is C14H24N2S. The maximum atomic E-state index is 5.92. The number of hydrogen-bond donors (Lipinski definition) is 1. The zero-order chi connectivity index (χ0) is 12.4. The highest BCUT2D eigenvalue weighted by molar-refractivity contribution is 7.12. The summed E-state index contributed by atoms with van der Waals surface area (Å²) in [6.07, 6.45) is 5.43. The first-order valence-corrected chi connectivity index (χ1v) is 7.62. The van der Waals surface area contributed by atoms with Crippen LogP contribution in [0.4, 0.5) is 0 Å². The second-order valence-corrected chi connectivity index (χ2v) is 6.63. The van der Waals surface area contributed by atoms with Gasteiger partial charge in [0.05, 0.1) is 10.7 Å². The van der Waals surface area contributed by atoms with Crippen molar-refractivity contribution in [2.45, 2.75) is 58.3 Å². The van der Waals surface area contributed by atoms with Gasteiger partial charge in [-0.15, -0.1) is 11.3 Å². The minimum absolute atomic E-state index is 0.489. The monoisotopic (exact) mass is 252 g/mol. The summed E-state index contributed by atoms with van der Waals surface area (Å²) in [6, 6.07) is 0. The average molecular weight is 252 g/mol. The number of nitrogens with zero attached hydrogens (tertiary/aromatic N) is 1. The van der Waals surface area contributed by atoms with E-state index in [2.05, 4.69) is 20.8 Å². The van der Waals surface area contributed by atoms with Gasteiger partial charge in [-0.2, -0.15) is 0 Å². The lowest BCUT2D eigenvalue weighted by Gasteiger charge is -2.17. The van der Waals surface area contributed by atoms with E-state index < -0.39 is 0 Å². The fourth-order valence-corrected chi connectivity index (χ4v) is 4.33. The predicted octanol–water partition coefficient (Wildman–Crippen LogP) is 3.81. The molecule has 0 amide bonds. The largest absolute Gasteiger partial charge is 0.330 e. The van der Waals surface area contributed by atoms with Gasteiger partial charge in [-0.25, -0.2) is 4.98 Å². The van der Waals surface area contributed by atoms with Gasteiger partial charge in [-0.1, -0.05) is 26.7 Å². The summed E-state index contributed by atoms with van der Waals surface area (Å²) < 4.78 is 0. The third-order valence-corrected chi connectivity index (χ3v) is 5.40. The van der Waals surface area contributed by atoms with Crippen LogP contribution in [0.25, 0.3) is 0 Å². The van der Waals surface area contributed by atoms with E-state index in [1.165, 1.54) is 41.3 Å². The second kappa shape index (κ2) is 5.49. The SMILES string of the molecule is Cc1nc(C2CCCC2)sc1C(CN)C(C)C. The smallest absolute Gasteiger partial charge is 0.0961 e. The first-order valence-electron chi connectivity index (χ1n) is 6.80. The number of thiazole rings is 1. The molecule has 1 unspecified atom stereocenters. The van der Waals surface area contributed by atoms with Crippen LogP contribution < -0.4 is 5.73 Å². The van der Waals surface area contributed by atoms with Gasteiger partial charge in [-0.3, -0.25) is 0 Å². The first kappa shape index (κ1) is 13.0. The molecule has 1 heterocycles. The Kier molecular flexibility index (Phi) is 4.21. The molecule has 2 N–H and O–H groups in total. The van der Waals surface area contributed by atoms with Crippen LogP contribution in [0.15, 0.2) is 0 Å². The van der Waals surface area contributed by atoms with Crippen LogP contribution in [0.5, 0.6) is 0 Å². The van der Waals surface area contributed by atoms with Gasteiger partial charge in [0.1, 0.15) is 0 Å². The zero-order valence-corrected chi connectivity index (χ0v) is 12.0. The van der Waals surface area contributed by atoms with Gasteiger partial charge in [-0.05, 0) is 25.7 Å². The molecule has 1 saturated carbocycles. The maximum Gasteiger partial charge on any atom is 0.0961 e. The molecule has 0 radical (unpaired) electrons. The number of hydrogen-bond acceptors (Lipinski definition) is 3. The normalized spacial score (nSPS) is 19.1. The van der Waals surface area contributed by atoms with E-state index in [0.717, 1.165) is 12.5 Å². The molecular weight excluding hydrogens is 228 g/mol. The Labute approximate surface area is 109 Å². The molecule has 2 rings (SSSR count). The molecule has 96 valence electrons. The maximum absolute atomic E-state index is 5.92. The van der Waals surface area contributed by atoms with Crippen LogP contribution in [0.2, 0.25) is 0 Å². The summed E-state index contributed by atoms with van der Waals surface area (Å²) in [5.41, 5.74) is 7.14. The van der Waals surface area contributed by atoms with Gasteiger partial charge in [0.15, 0.2) is 0 Å². The highest BCUT2D eigenvalue weighted by atomic mass is 32.1. The lowest BCUT2D eigenvalue weighted by molar-refractivity contribution is 0.510. The molecule has 0 aromatic carbocycles. The van der Waals surface area contributed by atoms with E-state index in [4.69, 9.17) is 10.7 Å². The minimum atomic E-state index is 0.489. The first-order chi connectivity index (χ1) is 8.13. The fraction of sp³-hybridized carbons (Fsp3) is 0.786. The highest BCUT2D eigenvalue weighted by Crippen LogP contribution is 2.40. The van der Waals surface area contributed by atoms with Crippen LogP contribution in [-0.2, 0) is 0 Å². The molecule has 0 spiro atoms. The van der Waals surface area contributed by atoms with Gasteiger partial charge < -0.3 is 5.73 Å². The van der Waals surface area contributed by atoms with E-state index >= 15 is 0 Å². The van der Waals surface area contributed by atoms with Crippen LogP contribution in [0.1, 0.15) is 66.9 Å². The molecule has 1 aromatic heterocycles. The molecule has 1 aliphatic carbocycles. The van der Waals surface area contributed by atoms with Crippen LogP contribution in [0, 0.1) is 12.8 Å². The van der Waals surface area contributed by atoms with E-state index in [0.29, 0.717) is 11.8 Å². The van der Waals surface area contributed by atoms with Crippen molar-refractivity contribution < 1.29 is 0 Å². The minimum Gasteiger partial charge on any atom is -0.330 e. The van der Waals surface area contributed by atoms with Crippen molar-refractivity contribution in [1.29, 1.82) is 0 Å². The summed E-state index contributed by atoms with van der Waals surface area (Å²) in [6.45, 7) is 7.40. The molecule has 2 nitrogen and oxygen atoms in total. The van der Waals surface area contributed by atoms with Gasteiger partial charge >= 0.3 is 0 Å². The van der Waals surface area contributed by atoms with Gasteiger partial charge in [0.25, 0.3) is 0 Å². The zero-order valence-electron chi connectivity index (χ0n) is 11.2. The molecule has 1 aliphatic rings. The van der Waals surface area contributed by atoms with Crippen LogP contribution in [-0.4, -0.2) is 11.5 Å². The van der Waals surface area contributed by atoms with E-state index in [1.54, 1.807) is 0 Å². The molecule has 0 saturated heterocycles. The third-order valence-electron chi connectivity index (χ3n) is 3.95. The van der Waals surface area contributed by atoms with Crippen molar-refractivity contribution >= 4 is 11.3 Å². The van der Waals surface area contributed by atoms with Crippen molar-refractivity contribution in [2.24, 2.45) is 11.7 Å². The van der Waals surface area contributed by atoms with Crippen LogP contribution in [0.3, 0.4) is 0 Å². The molecule has 17 heavy (non-hydrogen) atoms. The Morgan fingerprint density at radius 3 is 2.53 bits per heavy atom. The van der Waals surface area contributed by atoms with Crippen molar-refractivity contribution in [3.05, 3.63) is 15.6 Å². The summed E-state index contributed by atoms with van der Waals surface area (Å²) >= 11 is 1.93. The third kappa shape index (κ3) is 2.71. The lowest BCUT2D eigenvalue weighted by atomic mass is 9.93. The van der Waals surface area contributed by atoms with Gasteiger partial charge in [0, 0.05) is 23.3 Å². The van der Waals surface area contributed by atoms with Crippen molar-refractivity contribution in [2.75, 3.05) is 6.54 Å². The number of rotatable bonds is 4. The molecule has 3 heteroatoms. The quantitative estimate of drug-likeness (QED) is 0.885. The Morgan fingerprint density at radius 1 is 1.35 bits per heavy atom. The summed E-state index contributed by atoms with van der Waals surface area (Å²) in [5.74, 6) is 1.83. The Hall–Kier alpha value is -0.410. The molecule has 1 atom stereocenters. The van der Waals surface area contributed by atoms with E-state index in [9.17, 15) is 0 Å². The predicted molar refractivity (Wildman–Crippen MR) is 74.7 cm³/mol. The second-order valence-electron chi connectivity index (χ2n) is 5.57. The summed E-state index contributed by atoms with van der Waals surface area (Å²) in [5, 5.41) is 1.37. The lowest BCUT2D eigenvalue weighted by Crippen LogP contribution is -2.17. The molecule has 0 aliphatic heterocycles. The Balaban J connectivity index is 2.22. The molecule has 1 aromatic rings. The van der Waals surface area contributed by atoms with E-state index in [-0.39, 0.29) is 0 Å². The number of aryl methyl sites for hydroxylation is 1. The van der Waals surface area contributed by atoms with Crippen molar-refractivity contribution in [3.63, 3.8) is 0 Å². The van der Waals surface area contributed by atoms with Crippen LogP contribution >= 0.6 is 11.3 Å². The molecule has 1 fully saturated rings. The number of nitrogens with two attached hydrogens (primary N) is 1. The summed E-state index contributed by atoms with van der Waals surface area (Å²) in [7, 11) is 0. The summed E-state index contributed by atoms with van der Waals surface area (Å²) in [4.78, 5) is 6.24. The van der Waals surface area contributed by atoms with Crippen molar-refractivity contribution in [1.82, 2.24) is 4.98 Å². The van der Waals surface area contributed by atoms with Crippen molar-refractivity contribution in [3.8, 4) is 0 Å². The Morgan fingerprint density at radius 2 is 2.00 bits per heavy atom.